The second-order valence-electron chi connectivity index (χ2n) is 7.37. The molecular weight excluding hydrogens is 738 g/mol. The zero-order chi connectivity index (χ0) is 26.6. The Bertz CT molecular complexity index is 387. The third-order valence-corrected chi connectivity index (χ3v) is 24.1. The predicted octanol–water partition coefficient (Wildman–Crippen LogP) is 3.31. The van der Waals surface area contributed by atoms with E-state index in [4.69, 9.17) is 0 Å². The minimum absolute atomic E-state index is 1.16. The maximum atomic E-state index is 3.64. The Morgan fingerprint density at radius 2 is 0.576 bits per heavy atom. The van der Waals surface area contributed by atoms with Crippen molar-refractivity contribution in [1.29, 1.82) is 0 Å². The van der Waals surface area contributed by atoms with Gasteiger partial charge in [0.15, 0.2) is 0 Å². The zero-order valence-corrected chi connectivity index (χ0v) is 31.8. The summed E-state index contributed by atoms with van der Waals surface area (Å²) < 4.78 is 21.2. The molecule has 0 atom stereocenters. The molecular formula is C24H57N6Sb3. The van der Waals surface area contributed by atoms with E-state index in [1.807, 2.05) is 12.1 Å². The van der Waals surface area contributed by atoms with Gasteiger partial charge in [-0.3, -0.25) is 0 Å². The van der Waals surface area contributed by atoms with Crippen LogP contribution in [0.3, 0.4) is 0 Å². The van der Waals surface area contributed by atoms with Crippen LogP contribution in [0.2, 0.25) is 0 Å². The molecule has 0 aliphatic carbocycles. The van der Waals surface area contributed by atoms with Crippen LogP contribution in [-0.4, -0.2) is 162 Å². The normalized spacial score (nSPS) is 11.5. The first-order valence-electron chi connectivity index (χ1n) is 12.0. The van der Waals surface area contributed by atoms with Gasteiger partial charge in [0.25, 0.3) is 0 Å². The van der Waals surface area contributed by atoms with Crippen LogP contribution in [0.1, 0.15) is 41.5 Å². The van der Waals surface area contributed by atoms with Crippen LogP contribution in [0.25, 0.3) is 0 Å². The minimum atomic E-state index is -1.48. The number of rotatable bonds is 15. The van der Waals surface area contributed by atoms with Crippen LogP contribution in [-0.2, 0) is 0 Å². The molecule has 6 nitrogen and oxygen atoms in total. The van der Waals surface area contributed by atoms with Gasteiger partial charge in [0.05, 0.1) is 0 Å². The van der Waals surface area contributed by atoms with Crippen molar-refractivity contribution in [3.8, 4) is 0 Å². The SMILES string of the molecule is C=[CH][Sb]([CH]=C)[CH]=C.CC[N](C)[Sb]([N](C)CC)[N](C)CC.CC[N](C)[Sb]([N](C)CC)[N](C)CC. The molecule has 0 aliphatic rings. The predicted molar refractivity (Wildman–Crippen MR) is 158 cm³/mol. The molecule has 0 aromatic rings. The molecule has 0 spiro atoms. The second kappa shape index (κ2) is 25.1. The molecule has 0 saturated heterocycles. The van der Waals surface area contributed by atoms with E-state index in [1.165, 1.54) is 0 Å². The van der Waals surface area contributed by atoms with Crippen LogP contribution in [0.4, 0.5) is 0 Å². The van der Waals surface area contributed by atoms with Gasteiger partial charge in [0.2, 0.25) is 0 Å². The number of hydrogen-bond acceptors (Lipinski definition) is 6. The van der Waals surface area contributed by atoms with Gasteiger partial charge in [-0.25, -0.2) is 0 Å². The number of nitrogens with zero attached hydrogens (tertiary/aromatic N) is 6. The van der Waals surface area contributed by atoms with Gasteiger partial charge in [-0.05, 0) is 0 Å². The van der Waals surface area contributed by atoms with Gasteiger partial charge in [-0.2, -0.15) is 0 Å². The molecule has 0 bridgehead atoms. The van der Waals surface area contributed by atoms with Crippen molar-refractivity contribution < 1.29 is 0 Å². The van der Waals surface area contributed by atoms with Crippen LogP contribution in [0, 0.1) is 0 Å². The Labute approximate surface area is 233 Å². The first-order chi connectivity index (χ1) is 15.5. The molecule has 0 heterocycles. The average Bonchev–Trinajstić information content (AvgIpc) is 2.84. The summed E-state index contributed by atoms with van der Waals surface area (Å²) in [7, 11) is 13.5. The molecule has 9 heteroatoms. The van der Waals surface area contributed by atoms with Gasteiger partial charge < -0.3 is 0 Å². The van der Waals surface area contributed by atoms with Crippen molar-refractivity contribution >= 4 is 62.3 Å². The average molecular weight is 795 g/mol. The van der Waals surface area contributed by atoms with Crippen LogP contribution in [0.15, 0.2) is 31.8 Å². The third kappa shape index (κ3) is 17.5. The van der Waals surface area contributed by atoms with Crippen LogP contribution >= 0.6 is 0 Å². The first kappa shape index (κ1) is 39.0. The van der Waals surface area contributed by atoms with E-state index in [-0.39, 0.29) is 0 Å². The quantitative estimate of drug-likeness (QED) is 0.236. The molecule has 33 heavy (non-hydrogen) atoms. The molecule has 198 valence electrons. The Morgan fingerprint density at radius 1 is 0.424 bits per heavy atom. The topological polar surface area (TPSA) is 19.4 Å². The molecule has 0 aliphatic heterocycles. The summed E-state index contributed by atoms with van der Waals surface area (Å²) in [5.74, 6) is 0. The number of hydrogen-bond donors (Lipinski definition) is 0. The summed E-state index contributed by atoms with van der Waals surface area (Å²) in [5, 5.41) is 0. The molecule has 0 aromatic heterocycles. The molecule has 0 fully saturated rings. The zero-order valence-electron chi connectivity index (χ0n) is 24.1. The Kier molecular flexibility index (Phi) is 29.6. The third-order valence-electron chi connectivity index (χ3n) is 5.21. The molecule has 0 unspecified atom stereocenters. The van der Waals surface area contributed by atoms with E-state index in [1.54, 1.807) is 0 Å². The Hall–Kier alpha value is 1.43. The molecule has 0 saturated carbocycles. The summed E-state index contributed by atoms with van der Waals surface area (Å²) in [5.41, 5.74) is 0. The Morgan fingerprint density at radius 3 is 0.636 bits per heavy atom. The second-order valence-corrected chi connectivity index (χ2v) is 27.8. The van der Waals surface area contributed by atoms with Gasteiger partial charge in [-0.1, -0.05) is 0 Å². The molecule has 0 N–H and O–H groups in total. The van der Waals surface area contributed by atoms with E-state index in [0.29, 0.717) is 0 Å². The molecule has 0 aromatic carbocycles. The molecule has 0 rings (SSSR count). The van der Waals surface area contributed by atoms with Crippen molar-refractivity contribution in [2.45, 2.75) is 41.5 Å². The van der Waals surface area contributed by atoms with E-state index < -0.39 is 62.3 Å². The summed E-state index contributed by atoms with van der Waals surface area (Å²) in [4.78, 5) is 0. The fourth-order valence-corrected chi connectivity index (χ4v) is 17.1. The van der Waals surface area contributed by atoms with Crippen LogP contribution in [0.5, 0.6) is 0 Å². The van der Waals surface area contributed by atoms with Gasteiger partial charge >= 0.3 is 236 Å². The van der Waals surface area contributed by atoms with Crippen molar-refractivity contribution in [1.82, 2.24) is 18.4 Å². The van der Waals surface area contributed by atoms with E-state index in [2.05, 4.69) is 122 Å². The van der Waals surface area contributed by atoms with E-state index in [9.17, 15) is 0 Å². The molecule has 0 radical (unpaired) electrons. The summed E-state index contributed by atoms with van der Waals surface area (Å²) in [6.07, 6.45) is 0. The summed E-state index contributed by atoms with van der Waals surface area (Å²) in [6.45, 7) is 31.4. The maximum absolute atomic E-state index is 3.64. The van der Waals surface area contributed by atoms with Gasteiger partial charge in [-0.15, -0.1) is 0 Å². The van der Waals surface area contributed by atoms with Crippen molar-refractivity contribution in [2.24, 2.45) is 0 Å². The fraction of sp³-hybridized carbons (Fsp3) is 0.750. The van der Waals surface area contributed by atoms with E-state index >= 15 is 0 Å². The molecule has 0 amide bonds. The standard InChI is InChI=1S/6C3H8N.3C2H3.3Sb/c6*1-3-4-2;3*1-2;;;/h6*3H2,1-2H3;3*1H,2H2;;;/q6*-1;;;;;2*+3. The summed E-state index contributed by atoms with van der Waals surface area (Å²) >= 11 is -4.21. The van der Waals surface area contributed by atoms with Crippen LogP contribution < -0.4 is 0 Å². The summed E-state index contributed by atoms with van der Waals surface area (Å²) in [6, 6.07) is 0. The van der Waals surface area contributed by atoms with Crippen molar-refractivity contribution in [2.75, 3.05) is 81.6 Å². The Balaban J connectivity index is -0.000000429. The van der Waals surface area contributed by atoms with Crippen molar-refractivity contribution in [3.63, 3.8) is 0 Å². The fourth-order valence-electron chi connectivity index (χ4n) is 2.55. The van der Waals surface area contributed by atoms with Crippen molar-refractivity contribution in [3.05, 3.63) is 31.8 Å². The first-order valence-corrected chi connectivity index (χ1v) is 23.3. The van der Waals surface area contributed by atoms with Gasteiger partial charge in [0.1, 0.15) is 0 Å². The van der Waals surface area contributed by atoms with E-state index in [0.717, 1.165) is 39.3 Å². The monoisotopic (exact) mass is 792 g/mol. The van der Waals surface area contributed by atoms with Gasteiger partial charge in [0, 0.05) is 0 Å².